The first kappa shape index (κ1) is 10.8. The summed E-state index contributed by atoms with van der Waals surface area (Å²) in [5.41, 5.74) is 4.23. The van der Waals surface area contributed by atoms with Crippen molar-refractivity contribution in [2.45, 2.75) is 6.42 Å². The molecule has 4 rings (SSSR count). The van der Waals surface area contributed by atoms with Crippen LogP contribution in [-0.4, -0.2) is 35.2 Å². The molecule has 0 saturated carbocycles. The monoisotopic (exact) mass is 254 g/mol. The van der Waals surface area contributed by atoms with E-state index in [0.717, 1.165) is 36.3 Å². The third kappa shape index (κ3) is 1.45. The van der Waals surface area contributed by atoms with Gasteiger partial charge in [-0.2, -0.15) is 5.10 Å². The maximum Gasteiger partial charge on any atom is 0.272 e. The van der Waals surface area contributed by atoms with E-state index >= 15 is 0 Å². The van der Waals surface area contributed by atoms with E-state index in [2.05, 4.69) is 27.5 Å². The fraction of sp³-hybridized carbons (Fsp3) is 0.286. The fourth-order valence-corrected chi connectivity index (χ4v) is 2.98. The quantitative estimate of drug-likeness (QED) is 0.746. The Labute approximate surface area is 109 Å². The molecule has 2 aromatic rings. The Kier molecular flexibility index (Phi) is 2.08. The summed E-state index contributed by atoms with van der Waals surface area (Å²) in [5.74, 6) is 0. The van der Waals surface area contributed by atoms with Crippen molar-refractivity contribution in [3.63, 3.8) is 0 Å². The van der Waals surface area contributed by atoms with E-state index < -0.39 is 0 Å². The van der Waals surface area contributed by atoms with Crippen LogP contribution in [0.4, 0.5) is 5.69 Å². The maximum atomic E-state index is 11.9. The van der Waals surface area contributed by atoms with Gasteiger partial charge in [0.25, 0.3) is 5.56 Å². The number of benzene rings is 1. The lowest BCUT2D eigenvalue weighted by molar-refractivity contribution is 0.360. The molecule has 2 aliphatic heterocycles. The highest BCUT2D eigenvalue weighted by Crippen LogP contribution is 2.37. The van der Waals surface area contributed by atoms with Crippen molar-refractivity contribution in [3.8, 4) is 0 Å². The summed E-state index contributed by atoms with van der Waals surface area (Å²) in [6.07, 6.45) is 0.960. The van der Waals surface area contributed by atoms with Crippen molar-refractivity contribution in [3.05, 3.63) is 39.9 Å². The molecule has 19 heavy (non-hydrogen) atoms. The SMILES string of the molecule is CN1CCC2=C(C1)Nc1cccc3c(=O)[nH]nc2c13. The molecule has 5 nitrogen and oxygen atoms in total. The third-order valence-electron chi connectivity index (χ3n) is 3.92. The molecule has 96 valence electrons. The molecule has 2 N–H and O–H groups in total. The van der Waals surface area contributed by atoms with Crippen molar-refractivity contribution in [2.24, 2.45) is 0 Å². The van der Waals surface area contributed by atoms with Crippen LogP contribution in [0.3, 0.4) is 0 Å². The molecule has 0 bridgehead atoms. The van der Waals surface area contributed by atoms with Crippen molar-refractivity contribution in [2.75, 3.05) is 25.5 Å². The van der Waals surface area contributed by atoms with Crippen molar-refractivity contribution in [1.82, 2.24) is 15.1 Å². The van der Waals surface area contributed by atoms with Crippen molar-refractivity contribution < 1.29 is 0 Å². The average molecular weight is 254 g/mol. The van der Waals surface area contributed by atoms with Gasteiger partial charge in [-0.05, 0) is 25.6 Å². The second kappa shape index (κ2) is 3.68. The number of fused-ring (bicyclic) bond motifs is 1. The van der Waals surface area contributed by atoms with Crippen LogP contribution in [-0.2, 0) is 0 Å². The number of hydrogen-bond acceptors (Lipinski definition) is 4. The highest BCUT2D eigenvalue weighted by molar-refractivity contribution is 6.04. The van der Waals surface area contributed by atoms with E-state index in [9.17, 15) is 4.79 Å². The van der Waals surface area contributed by atoms with E-state index in [1.165, 1.54) is 11.3 Å². The summed E-state index contributed by atoms with van der Waals surface area (Å²) in [6, 6.07) is 5.76. The van der Waals surface area contributed by atoms with Crippen LogP contribution < -0.4 is 10.9 Å². The van der Waals surface area contributed by atoms with Crippen LogP contribution in [0.5, 0.6) is 0 Å². The second-order valence-electron chi connectivity index (χ2n) is 5.20. The molecule has 0 fully saturated rings. The van der Waals surface area contributed by atoms with Gasteiger partial charge in [0.1, 0.15) is 0 Å². The number of nitrogens with zero attached hydrogens (tertiary/aromatic N) is 2. The Morgan fingerprint density at radius 3 is 3.16 bits per heavy atom. The number of anilines is 1. The van der Waals surface area contributed by atoms with E-state index in [1.807, 2.05) is 18.2 Å². The molecule has 1 aromatic heterocycles. The molecule has 0 radical (unpaired) electrons. The Hall–Kier alpha value is -2.14. The number of aromatic amines is 1. The summed E-state index contributed by atoms with van der Waals surface area (Å²) in [7, 11) is 2.11. The molecule has 0 atom stereocenters. The normalized spacial score (nSPS) is 18.4. The second-order valence-corrected chi connectivity index (χ2v) is 5.20. The minimum atomic E-state index is -0.126. The van der Waals surface area contributed by atoms with E-state index in [1.54, 1.807) is 0 Å². The minimum absolute atomic E-state index is 0.126. The molecule has 3 heterocycles. The first-order chi connectivity index (χ1) is 9.24. The van der Waals surface area contributed by atoms with Gasteiger partial charge in [-0.15, -0.1) is 0 Å². The Bertz CT molecular complexity index is 775. The predicted octanol–water partition coefficient (Wildman–Crippen LogP) is 1.40. The standard InChI is InChI=1S/C14H14N4O/c1-18-6-5-8-11(7-18)15-10-4-2-3-9-12(10)13(8)16-17-14(9)19/h2-4,15H,5-7H2,1H3,(H,17,19). The number of H-pyrrole nitrogens is 1. The van der Waals surface area contributed by atoms with Gasteiger partial charge in [-0.1, -0.05) is 6.07 Å². The lowest BCUT2D eigenvalue weighted by Crippen LogP contribution is -2.32. The lowest BCUT2D eigenvalue weighted by atomic mass is 9.93. The molecule has 0 saturated heterocycles. The van der Waals surface area contributed by atoms with Gasteiger partial charge in [0.15, 0.2) is 0 Å². The number of likely N-dealkylation sites (N-methyl/N-ethyl adjacent to an activating group) is 1. The minimum Gasteiger partial charge on any atom is -0.357 e. The van der Waals surface area contributed by atoms with Gasteiger partial charge in [-0.3, -0.25) is 4.79 Å². The lowest BCUT2D eigenvalue weighted by Gasteiger charge is -2.31. The van der Waals surface area contributed by atoms with Crippen molar-refractivity contribution in [1.29, 1.82) is 0 Å². The molecule has 0 aliphatic carbocycles. The molecule has 2 aliphatic rings. The van der Waals surface area contributed by atoms with Crippen molar-refractivity contribution >= 4 is 22.0 Å². The van der Waals surface area contributed by atoms with Crippen LogP contribution in [0.25, 0.3) is 16.3 Å². The molecule has 1 aromatic carbocycles. The van der Waals surface area contributed by atoms with Crippen LogP contribution in [0.15, 0.2) is 28.7 Å². The zero-order valence-corrected chi connectivity index (χ0v) is 10.7. The average Bonchev–Trinajstić information content (AvgIpc) is 2.41. The summed E-state index contributed by atoms with van der Waals surface area (Å²) in [6.45, 7) is 1.91. The van der Waals surface area contributed by atoms with Gasteiger partial charge < -0.3 is 10.2 Å². The summed E-state index contributed by atoms with van der Waals surface area (Å²) >= 11 is 0. The fourth-order valence-electron chi connectivity index (χ4n) is 2.98. The Morgan fingerprint density at radius 2 is 2.26 bits per heavy atom. The van der Waals surface area contributed by atoms with Gasteiger partial charge in [0, 0.05) is 35.4 Å². The Morgan fingerprint density at radius 1 is 1.37 bits per heavy atom. The number of nitrogens with one attached hydrogen (secondary N) is 2. The summed E-state index contributed by atoms with van der Waals surface area (Å²) in [5, 5.41) is 12.0. The topological polar surface area (TPSA) is 61.0 Å². The molecule has 0 spiro atoms. The van der Waals surface area contributed by atoms with Gasteiger partial charge in [-0.25, -0.2) is 5.10 Å². The number of aromatic nitrogens is 2. The largest absolute Gasteiger partial charge is 0.357 e. The van der Waals surface area contributed by atoms with Gasteiger partial charge >= 0.3 is 0 Å². The maximum absolute atomic E-state index is 11.9. The highest BCUT2D eigenvalue weighted by Gasteiger charge is 2.26. The third-order valence-corrected chi connectivity index (χ3v) is 3.92. The van der Waals surface area contributed by atoms with Crippen LogP contribution in [0, 0.1) is 0 Å². The molecule has 5 heteroatoms. The smallest absolute Gasteiger partial charge is 0.272 e. The van der Waals surface area contributed by atoms with E-state index in [0.29, 0.717) is 5.39 Å². The summed E-state index contributed by atoms with van der Waals surface area (Å²) < 4.78 is 0. The van der Waals surface area contributed by atoms with Gasteiger partial charge in [0.05, 0.1) is 11.1 Å². The number of rotatable bonds is 0. The first-order valence-corrected chi connectivity index (χ1v) is 6.43. The van der Waals surface area contributed by atoms with Crippen LogP contribution in [0.1, 0.15) is 12.1 Å². The highest BCUT2D eigenvalue weighted by atomic mass is 16.1. The molecule has 0 amide bonds. The van der Waals surface area contributed by atoms with Crippen LogP contribution in [0.2, 0.25) is 0 Å². The number of hydrogen-bond donors (Lipinski definition) is 2. The molecular weight excluding hydrogens is 240 g/mol. The van der Waals surface area contributed by atoms with Crippen LogP contribution >= 0.6 is 0 Å². The molecular formula is C14H14N4O. The first-order valence-electron chi connectivity index (χ1n) is 6.43. The van der Waals surface area contributed by atoms with E-state index in [-0.39, 0.29) is 5.56 Å². The van der Waals surface area contributed by atoms with E-state index in [4.69, 9.17) is 0 Å². The summed E-state index contributed by atoms with van der Waals surface area (Å²) in [4.78, 5) is 14.1. The van der Waals surface area contributed by atoms with Gasteiger partial charge in [0.2, 0.25) is 0 Å². The molecule has 0 unspecified atom stereocenters. The predicted molar refractivity (Wildman–Crippen MR) is 75.0 cm³/mol. The Balaban J connectivity index is 2.07. The zero-order valence-electron chi connectivity index (χ0n) is 10.7. The zero-order chi connectivity index (χ0) is 13.0.